The summed E-state index contributed by atoms with van der Waals surface area (Å²) < 4.78 is 0. The van der Waals surface area contributed by atoms with Gasteiger partial charge in [-0.25, -0.2) is 14.8 Å². The molecule has 8 nitrogen and oxygen atoms in total. The molecule has 0 radical (unpaired) electrons. The van der Waals surface area contributed by atoms with E-state index in [1.54, 1.807) is 12.1 Å². The summed E-state index contributed by atoms with van der Waals surface area (Å²) in [6.45, 7) is 0. The summed E-state index contributed by atoms with van der Waals surface area (Å²) in [7, 11) is 0. The molecule has 1 aliphatic carbocycles. The molecule has 0 amide bonds. The van der Waals surface area contributed by atoms with Crippen molar-refractivity contribution in [2.24, 2.45) is 0 Å². The number of aliphatic hydroxyl groups excluding tert-OH is 1. The number of nitrogens with one attached hydrogen (secondary N) is 2. The predicted molar refractivity (Wildman–Crippen MR) is 99.7 cm³/mol. The van der Waals surface area contributed by atoms with E-state index in [-0.39, 0.29) is 0 Å². The van der Waals surface area contributed by atoms with Crippen molar-refractivity contribution in [2.45, 2.75) is 24.9 Å². The van der Waals surface area contributed by atoms with Gasteiger partial charge in [-0.15, -0.1) is 17.8 Å². The molecule has 0 aliphatic heterocycles. The number of aliphatic carboxylic acids is 1. The normalized spacial score (nSPS) is 14.5. The maximum atomic E-state index is 10.9. The fourth-order valence-electron chi connectivity index (χ4n) is 2.57. The molecule has 1 fully saturated rings. The first kappa shape index (κ1) is 17.2. The molecule has 9 heteroatoms. The van der Waals surface area contributed by atoms with Gasteiger partial charge >= 0.3 is 5.97 Å². The van der Waals surface area contributed by atoms with Crippen LogP contribution in [0.4, 0.5) is 11.6 Å². The van der Waals surface area contributed by atoms with Crippen LogP contribution in [0.5, 0.6) is 0 Å². The summed E-state index contributed by atoms with van der Waals surface area (Å²) in [6, 6.07) is 5.15. The van der Waals surface area contributed by atoms with Crippen molar-refractivity contribution in [3.8, 4) is 23.0 Å². The van der Waals surface area contributed by atoms with E-state index in [1.165, 1.54) is 6.20 Å². The SMILES string of the molecule is C#Cc1cnc(-c2ccc(C(O)C(=O)O)s2)nc1Nc1cc(C2CC2)[nH]n1. The lowest BCUT2D eigenvalue weighted by Crippen LogP contribution is -2.08. The Labute approximate surface area is 158 Å². The van der Waals surface area contributed by atoms with E-state index in [0.717, 1.165) is 29.9 Å². The zero-order chi connectivity index (χ0) is 19.0. The second kappa shape index (κ2) is 6.83. The molecule has 3 aromatic rings. The number of nitrogens with zero attached hydrogens (tertiary/aromatic N) is 3. The van der Waals surface area contributed by atoms with Crippen molar-refractivity contribution in [3.63, 3.8) is 0 Å². The van der Waals surface area contributed by atoms with Crippen LogP contribution < -0.4 is 5.32 Å². The topological polar surface area (TPSA) is 124 Å². The highest BCUT2D eigenvalue weighted by Crippen LogP contribution is 2.39. The number of carboxylic acid groups (broad SMARTS) is 1. The number of rotatable bonds is 6. The van der Waals surface area contributed by atoms with Crippen LogP contribution in [0.25, 0.3) is 10.7 Å². The number of hydrogen-bond donors (Lipinski definition) is 4. The monoisotopic (exact) mass is 381 g/mol. The highest BCUT2D eigenvalue weighted by Gasteiger charge is 2.25. The minimum atomic E-state index is -1.57. The number of H-pyrrole nitrogens is 1. The molecule has 4 N–H and O–H groups in total. The summed E-state index contributed by atoms with van der Waals surface area (Å²) in [5, 5.41) is 28.9. The second-order valence-corrected chi connectivity index (χ2v) is 7.27. The van der Waals surface area contributed by atoms with Gasteiger partial charge in [-0.05, 0) is 25.0 Å². The number of carbonyl (C=O) groups is 1. The van der Waals surface area contributed by atoms with Gasteiger partial charge in [-0.1, -0.05) is 5.92 Å². The Hall–Kier alpha value is -3.22. The lowest BCUT2D eigenvalue weighted by molar-refractivity contribution is -0.146. The molecule has 1 unspecified atom stereocenters. The lowest BCUT2D eigenvalue weighted by atomic mass is 10.3. The molecular formula is C18H15N5O3S. The Balaban J connectivity index is 1.62. The summed E-state index contributed by atoms with van der Waals surface area (Å²) in [5.41, 5.74) is 1.57. The quantitative estimate of drug-likeness (QED) is 0.484. The van der Waals surface area contributed by atoms with Crippen molar-refractivity contribution in [2.75, 3.05) is 5.32 Å². The number of aromatic nitrogens is 4. The van der Waals surface area contributed by atoms with Gasteiger partial charge < -0.3 is 15.5 Å². The van der Waals surface area contributed by atoms with E-state index >= 15 is 0 Å². The zero-order valence-electron chi connectivity index (χ0n) is 14.0. The number of terminal acetylenes is 1. The molecule has 3 heterocycles. The van der Waals surface area contributed by atoms with Gasteiger partial charge in [0.2, 0.25) is 0 Å². The number of carboxylic acids is 1. The average molecular weight is 381 g/mol. The number of aromatic amines is 1. The summed E-state index contributed by atoms with van der Waals surface area (Å²) >= 11 is 1.11. The molecule has 27 heavy (non-hydrogen) atoms. The highest BCUT2D eigenvalue weighted by atomic mass is 32.1. The zero-order valence-corrected chi connectivity index (χ0v) is 14.8. The molecule has 1 aliphatic rings. The van der Waals surface area contributed by atoms with Crippen LogP contribution in [0.15, 0.2) is 24.4 Å². The summed E-state index contributed by atoms with van der Waals surface area (Å²) in [6.07, 6.45) is 7.82. The Morgan fingerprint density at radius 2 is 2.26 bits per heavy atom. The molecule has 0 bridgehead atoms. The molecule has 0 saturated heterocycles. The minimum Gasteiger partial charge on any atom is -0.479 e. The maximum absolute atomic E-state index is 10.9. The third-order valence-corrected chi connectivity index (χ3v) is 5.29. The molecule has 3 aromatic heterocycles. The first-order valence-electron chi connectivity index (χ1n) is 8.22. The fraction of sp³-hybridized carbons (Fsp3) is 0.222. The van der Waals surface area contributed by atoms with Crippen molar-refractivity contribution < 1.29 is 15.0 Å². The van der Waals surface area contributed by atoms with Gasteiger partial charge in [-0.3, -0.25) is 5.10 Å². The van der Waals surface area contributed by atoms with E-state index in [1.807, 2.05) is 6.07 Å². The van der Waals surface area contributed by atoms with Crippen LogP contribution in [-0.2, 0) is 4.79 Å². The van der Waals surface area contributed by atoms with E-state index in [2.05, 4.69) is 31.4 Å². The minimum absolute atomic E-state index is 0.304. The van der Waals surface area contributed by atoms with Gasteiger partial charge in [0.15, 0.2) is 23.6 Å². The van der Waals surface area contributed by atoms with E-state index in [4.69, 9.17) is 11.5 Å². The van der Waals surface area contributed by atoms with Crippen LogP contribution >= 0.6 is 11.3 Å². The van der Waals surface area contributed by atoms with Gasteiger partial charge in [0, 0.05) is 28.8 Å². The maximum Gasteiger partial charge on any atom is 0.338 e. The highest BCUT2D eigenvalue weighted by molar-refractivity contribution is 7.15. The van der Waals surface area contributed by atoms with Gasteiger partial charge in [0.1, 0.15) is 0 Å². The van der Waals surface area contributed by atoms with Crippen molar-refractivity contribution >= 4 is 28.9 Å². The lowest BCUT2D eigenvalue weighted by Gasteiger charge is -2.06. The van der Waals surface area contributed by atoms with E-state index in [9.17, 15) is 9.90 Å². The van der Waals surface area contributed by atoms with Crippen molar-refractivity contribution in [1.82, 2.24) is 20.2 Å². The van der Waals surface area contributed by atoms with Crippen molar-refractivity contribution in [3.05, 3.63) is 40.5 Å². The van der Waals surface area contributed by atoms with Gasteiger partial charge in [0.25, 0.3) is 0 Å². The predicted octanol–water partition coefficient (Wildman–Crippen LogP) is 2.65. The van der Waals surface area contributed by atoms with Crippen LogP contribution in [0.1, 0.15) is 41.0 Å². The van der Waals surface area contributed by atoms with Crippen molar-refractivity contribution in [1.29, 1.82) is 0 Å². The van der Waals surface area contributed by atoms with Crippen LogP contribution in [0, 0.1) is 12.3 Å². The first-order valence-corrected chi connectivity index (χ1v) is 9.03. The molecular weight excluding hydrogens is 366 g/mol. The van der Waals surface area contributed by atoms with Gasteiger partial charge in [0.05, 0.1) is 10.4 Å². The first-order chi connectivity index (χ1) is 13.0. The number of aliphatic hydroxyl groups is 1. The third-order valence-electron chi connectivity index (χ3n) is 4.16. The Morgan fingerprint density at radius 1 is 1.44 bits per heavy atom. The van der Waals surface area contributed by atoms with E-state index < -0.39 is 12.1 Å². The largest absolute Gasteiger partial charge is 0.479 e. The molecule has 1 atom stereocenters. The third kappa shape index (κ3) is 3.53. The average Bonchev–Trinajstić information content (AvgIpc) is 3.21. The fourth-order valence-corrected chi connectivity index (χ4v) is 3.50. The molecule has 0 aromatic carbocycles. The summed E-state index contributed by atoms with van der Waals surface area (Å²) in [4.78, 5) is 20.6. The number of anilines is 2. The Bertz CT molecular complexity index is 1050. The standard InChI is InChI=1S/C18H15N5O3S/c1-2-9-8-19-17(13-6-5-12(27-13)15(24)18(25)26)21-16(9)20-14-7-11(22-23-14)10-3-4-10/h1,5-8,10,15,24H,3-4H2,(H,25,26)(H2,19,20,21,22,23). The van der Waals surface area contributed by atoms with Gasteiger partial charge in [-0.2, -0.15) is 5.10 Å². The molecule has 0 spiro atoms. The summed E-state index contributed by atoms with van der Waals surface area (Å²) in [5.74, 6) is 3.21. The smallest absolute Gasteiger partial charge is 0.338 e. The molecule has 4 rings (SSSR count). The number of thiophene rings is 1. The Morgan fingerprint density at radius 3 is 2.96 bits per heavy atom. The molecule has 1 saturated carbocycles. The molecule has 136 valence electrons. The van der Waals surface area contributed by atoms with E-state index in [0.29, 0.717) is 38.7 Å². The Kier molecular flexibility index (Phi) is 4.35. The van der Waals surface area contributed by atoms with Crippen LogP contribution in [0.2, 0.25) is 0 Å². The van der Waals surface area contributed by atoms with Crippen LogP contribution in [0.3, 0.4) is 0 Å². The second-order valence-electron chi connectivity index (χ2n) is 6.15. The number of hydrogen-bond acceptors (Lipinski definition) is 7. The van der Waals surface area contributed by atoms with Crippen LogP contribution in [-0.4, -0.2) is 36.3 Å².